The molecule has 0 aliphatic carbocycles. The Bertz CT molecular complexity index is 2810. The second kappa shape index (κ2) is 10.5. The van der Waals surface area contributed by atoms with Crippen molar-refractivity contribution in [2.75, 3.05) is 0 Å². The smallest absolute Gasteiger partial charge is 0.237 e. The van der Waals surface area contributed by atoms with Crippen LogP contribution >= 0.6 is 0 Å². The average molecular weight is 614 g/mol. The van der Waals surface area contributed by atoms with Crippen LogP contribution < -0.4 is 0 Å². The third kappa shape index (κ3) is 3.94. The zero-order valence-electron chi connectivity index (χ0n) is 25.8. The molecule has 0 spiro atoms. The highest BCUT2D eigenvalue weighted by molar-refractivity contribution is 6.25. The molecule has 224 valence electrons. The Morgan fingerprint density at radius 1 is 0.417 bits per heavy atom. The first-order valence-electron chi connectivity index (χ1n) is 16.1. The Hall–Kier alpha value is -6.59. The van der Waals surface area contributed by atoms with Crippen LogP contribution in [0.3, 0.4) is 0 Å². The fraction of sp³-hybridized carbons (Fsp3) is 0. The fourth-order valence-electron chi connectivity index (χ4n) is 7.27. The molecule has 4 aromatic heterocycles. The van der Waals surface area contributed by atoms with Crippen LogP contribution in [-0.2, 0) is 0 Å². The van der Waals surface area contributed by atoms with E-state index in [-0.39, 0.29) is 0 Å². The maximum Gasteiger partial charge on any atom is 0.237 e. The van der Waals surface area contributed by atoms with E-state index in [0.29, 0.717) is 5.95 Å². The van der Waals surface area contributed by atoms with Gasteiger partial charge in [-0.3, -0.25) is 4.57 Å². The van der Waals surface area contributed by atoms with Crippen LogP contribution in [-0.4, -0.2) is 24.1 Å². The molecule has 5 nitrogen and oxygen atoms in total. The van der Waals surface area contributed by atoms with Crippen molar-refractivity contribution in [3.63, 3.8) is 0 Å². The van der Waals surface area contributed by atoms with Gasteiger partial charge < -0.3 is 4.57 Å². The summed E-state index contributed by atoms with van der Waals surface area (Å²) >= 11 is 0. The first-order valence-corrected chi connectivity index (χ1v) is 16.1. The summed E-state index contributed by atoms with van der Waals surface area (Å²) in [7, 11) is 0. The summed E-state index contributed by atoms with van der Waals surface area (Å²) in [5, 5.41) is 5.61. The number of nitrogens with zero attached hydrogens (tertiary/aromatic N) is 5. The van der Waals surface area contributed by atoms with Crippen LogP contribution in [0.4, 0.5) is 0 Å². The molecule has 0 atom stereocenters. The molecule has 0 bridgehead atoms. The fourth-order valence-corrected chi connectivity index (χ4v) is 7.27. The van der Waals surface area contributed by atoms with Crippen molar-refractivity contribution in [1.29, 1.82) is 0 Å². The molecule has 10 aromatic rings. The Balaban J connectivity index is 1.28. The van der Waals surface area contributed by atoms with Crippen molar-refractivity contribution in [3.05, 3.63) is 164 Å². The summed E-state index contributed by atoms with van der Waals surface area (Å²) < 4.78 is 4.51. The Labute approximate surface area is 276 Å². The Morgan fingerprint density at radius 2 is 1.08 bits per heavy atom. The first-order chi connectivity index (χ1) is 23.8. The third-order valence-corrected chi connectivity index (χ3v) is 9.39. The lowest BCUT2D eigenvalue weighted by Gasteiger charge is -2.12. The standard InChI is InChI=1S/C43H27N5/c1-3-12-28(13-4-1)29-21-23-30(24-22-29)40-34-17-7-9-19-36(34)45-43(46-40)48-38-26-25-33-32-16-8-10-20-37(32)47(31-14-5-2-6-15-31)41(33)39(38)35-18-11-27-44-42(35)48/h1-27H. The van der Waals surface area contributed by atoms with Gasteiger partial charge in [-0.05, 0) is 53.6 Å². The van der Waals surface area contributed by atoms with Crippen LogP contribution in [0.2, 0.25) is 0 Å². The van der Waals surface area contributed by atoms with E-state index < -0.39 is 0 Å². The molecule has 0 saturated carbocycles. The van der Waals surface area contributed by atoms with Gasteiger partial charge in [0.05, 0.1) is 27.8 Å². The Kier molecular flexibility index (Phi) is 5.81. The summed E-state index contributed by atoms with van der Waals surface area (Å²) in [6.07, 6.45) is 1.85. The molecule has 48 heavy (non-hydrogen) atoms. The SMILES string of the molecule is c1ccc(-c2ccc(-c3nc(-n4c5ccc6c7ccccc7n(-c7ccccc7)c6c5c5cccnc54)nc4ccccc34)cc2)cc1. The van der Waals surface area contributed by atoms with Crippen LogP contribution in [0, 0.1) is 0 Å². The normalized spacial score (nSPS) is 11.8. The molecule has 0 saturated heterocycles. The van der Waals surface area contributed by atoms with Gasteiger partial charge in [0, 0.05) is 44.4 Å². The van der Waals surface area contributed by atoms with Crippen molar-refractivity contribution in [1.82, 2.24) is 24.1 Å². The predicted octanol–water partition coefficient (Wildman–Crippen LogP) is 10.6. The van der Waals surface area contributed by atoms with Crippen LogP contribution in [0.1, 0.15) is 0 Å². The van der Waals surface area contributed by atoms with Crippen LogP contribution in [0.5, 0.6) is 0 Å². The summed E-state index contributed by atoms with van der Waals surface area (Å²) in [5.41, 5.74) is 10.4. The second-order valence-corrected chi connectivity index (χ2v) is 12.1. The number of pyridine rings is 1. The van der Waals surface area contributed by atoms with Gasteiger partial charge in [-0.15, -0.1) is 0 Å². The molecule has 5 heteroatoms. The van der Waals surface area contributed by atoms with Gasteiger partial charge in [0.25, 0.3) is 0 Å². The van der Waals surface area contributed by atoms with E-state index in [0.717, 1.165) is 55.3 Å². The number of para-hydroxylation sites is 3. The highest BCUT2D eigenvalue weighted by Crippen LogP contribution is 2.41. The van der Waals surface area contributed by atoms with Crippen LogP contribution in [0.25, 0.3) is 88.7 Å². The van der Waals surface area contributed by atoms with Crippen molar-refractivity contribution >= 4 is 54.6 Å². The zero-order valence-corrected chi connectivity index (χ0v) is 25.8. The first kappa shape index (κ1) is 26.6. The molecular formula is C43H27N5. The topological polar surface area (TPSA) is 48.5 Å². The van der Waals surface area contributed by atoms with Gasteiger partial charge in [-0.1, -0.05) is 115 Å². The summed E-state index contributed by atoms with van der Waals surface area (Å²) in [6.45, 7) is 0. The van der Waals surface area contributed by atoms with E-state index in [1.165, 1.54) is 27.4 Å². The average Bonchev–Trinajstić information content (AvgIpc) is 3.68. The number of fused-ring (bicyclic) bond motifs is 8. The number of hydrogen-bond acceptors (Lipinski definition) is 3. The molecule has 6 aromatic carbocycles. The molecule has 0 aliphatic rings. The lowest BCUT2D eigenvalue weighted by molar-refractivity contribution is 0.998. The van der Waals surface area contributed by atoms with Gasteiger partial charge in [0.1, 0.15) is 5.65 Å². The van der Waals surface area contributed by atoms with Gasteiger partial charge in [-0.2, -0.15) is 0 Å². The number of hydrogen-bond donors (Lipinski definition) is 0. The molecule has 0 radical (unpaired) electrons. The van der Waals surface area contributed by atoms with Gasteiger partial charge >= 0.3 is 0 Å². The molecule has 0 fully saturated rings. The number of rotatable bonds is 4. The second-order valence-electron chi connectivity index (χ2n) is 12.1. The van der Waals surface area contributed by atoms with E-state index in [4.69, 9.17) is 15.0 Å². The summed E-state index contributed by atoms with van der Waals surface area (Å²) in [6, 6.07) is 55.2. The van der Waals surface area contributed by atoms with Crippen molar-refractivity contribution in [2.45, 2.75) is 0 Å². The largest absolute Gasteiger partial charge is 0.309 e. The monoisotopic (exact) mass is 613 g/mol. The van der Waals surface area contributed by atoms with E-state index in [9.17, 15) is 0 Å². The van der Waals surface area contributed by atoms with Gasteiger partial charge in [0.2, 0.25) is 5.95 Å². The highest BCUT2D eigenvalue weighted by Gasteiger charge is 2.23. The Morgan fingerprint density at radius 3 is 1.92 bits per heavy atom. The summed E-state index contributed by atoms with van der Waals surface area (Å²) in [5.74, 6) is 0.594. The molecule has 0 unspecified atom stereocenters. The number of benzene rings is 6. The molecule has 10 rings (SSSR count). The minimum atomic E-state index is 0.594. The lowest BCUT2D eigenvalue weighted by Crippen LogP contribution is -2.04. The quantitative estimate of drug-likeness (QED) is 0.198. The van der Waals surface area contributed by atoms with E-state index >= 15 is 0 Å². The zero-order chi connectivity index (χ0) is 31.6. The molecule has 0 aliphatic heterocycles. The van der Waals surface area contributed by atoms with Crippen molar-refractivity contribution in [3.8, 4) is 34.0 Å². The minimum absolute atomic E-state index is 0.594. The molecule has 0 amide bonds. The third-order valence-electron chi connectivity index (χ3n) is 9.39. The predicted molar refractivity (Wildman–Crippen MR) is 197 cm³/mol. The van der Waals surface area contributed by atoms with Gasteiger partial charge in [0.15, 0.2) is 0 Å². The molecule has 4 heterocycles. The maximum absolute atomic E-state index is 5.32. The van der Waals surface area contributed by atoms with Gasteiger partial charge in [-0.25, -0.2) is 15.0 Å². The van der Waals surface area contributed by atoms with E-state index in [1.54, 1.807) is 0 Å². The van der Waals surface area contributed by atoms with Crippen molar-refractivity contribution in [2.24, 2.45) is 0 Å². The van der Waals surface area contributed by atoms with Crippen molar-refractivity contribution < 1.29 is 0 Å². The molecule has 0 N–H and O–H groups in total. The van der Waals surface area contributed by atoms with E-state index in [1.807, 2.05) is 30.5 Å². The lowest BCUT2D eigenvalue weighted by atomic mass is 10.0. The molecular weight excluding hydrogens is 587 g/mol. The van der Waals surface area contributed by atoms with Crippen LogP contribution in [0.15, 0.2) is 164 Å². The number of aromatic nitrogens is 5. The highest BCUT2D eigenvalue weighted by atomic mass is 15.2. The summed E-state index contributed by atoms with van der Waals surface area (Å²) in [4.78, 5) is 15.5. The maximum atomic E-state index is 5.32. The van der Waals surface area contributed by atoms with E-state index in [2.05, 4.69) is 143 Å². The minimum Gasteiger partial charge on any atom is -0.309 e.